The Balaban J connectivity index is 3.14. The van der Waals surface area contributed by atoms with Crippen molar-refractivity contribution < 1.29 is 10.2 Å². The molecule has 0 aromatic heterocycles. The van der Waals surface area contributed by atoms with Gasteiger partial charge in [0.1, 0.15) is 0 Å². The number of likely N-dealkylation sites (N-methyl/N-ethyl adjacent to an activating group) is 1. The van der Waals surface area contributed by atoms with Crippen molar-refractivity contribution in [3.05, 3.63) is 0 Å². The van der Waals surface area contributed by atoms with E-state index in [1.807, 2.05) is 0 Å². The third-order valence-electron chi connectivity index (χ3n) is 0.903. The summed E-state index contributed by atoms with van der Waals surface area (Å²) < 4.78 is 0. The van der Waals surface area contributed by atoms with E-state index in [2.05, 4.69) is 5.32 Å². The molecule has 0 amide bonds. The molecule has 44 valence electrons. The first kappa shape index (κ1) is 6.88. The molecule has 7 heavy (non-hydrogen) atoms. The highest BCUT2D eigenvalue weighted by Crippen LogP contribution is 1.82. The van der Waals surface area contributed by atoms with Gasteiger partial charge in [0.25, 0.3) is 0 Å². The molecule has 3 heteroatoms. The van der Waals surface area contributed by atoms with Crippen LogP contribution in [0.3, 0.4) is 0 Å². The van der Waals surface area contributed by atoms with Crippen molar-refractivity contribution in [3.8, 4) is 0 Å². The molecule has 1 unspecified atom stereocenters. The van der Waals surface area contributed by atoms with Crippen LogP contribution in [-0.4, -0.2) is 29.6 Å². The van der Waals surface area contributed by atoms with Crippen LogP contribution in [-0.2, 0) is 0 Å². The SMILES string of the molecule is CNC(C)C(O)O. The zero-order valence-corrected chi connectivity index (χ0v) is 4.55. The van der Waals surface area contributed by atoms with E-state index in [0.717, 1.165) is 0 Å². The molecule has 0 heterocycles. The fourth-order valence-electron chi connectivity index (χ4n) is 0.149. The number of aliphatic hydroxyl groups is 2. The lowest BCUT2D eigenvalue weighted by Crippen LogP contribution is -2.34. The summed E-state index contributed by atoms with van der Waals surface area (Å²) in [6, 6.07) is -0.236. The Bertz CT molecular complexity index is 47.0. The van der Waals surface area contributed by atoms with Crippen molar-refractivity contribution in [1.29, 1.82) is 0 Å². The minimum atomic E-state index is -1.25. The zero-order chi connectivity index (χ0) is 5.86. The summed E-state index contributed by atoms with van der Waals surface area (Å²) in [5.74, 6) is 0. The van der Waals surface area contributed by atoms with Gasteiger partial charge in [-0.2, -0.15) is 0 Å². The van der Waals surface area contributed by atoms with Crippen molar-refractivity contribution in [2.45, 2.75) is 19.3 Å². The molecule has 0 fully saturated rings. The van der Waals surface area contributed by atoms with Crippen molar-refractivity contribution in [2.75, 3.05) is 7.05 Å². The lowest BCUT2D eigenvalue weighted by atomic mass is 10.3. The topological polar surface area (TPSA) is 52.5 Å². The van der Waals surface area contributed by atoms with Crippen LogP contribution in [0.2, 0.25) is 0 Å². The van der Waals surface area contributed by atoms with E-state index in [9.17, 15) is 0 Å². The molecule has 0 radical (unpaired) electrons. The molecule has 1 atom stereocenters. The fraction of sp³-hybridized carbons (Fsp3) is 1.00. The highest BCUT2D eigenvalue weighted by molar-refractivity contribution is 4.55. The van der Waals surface area contributed by atoms with Crippen LogP contribution in [0.5, 0.6) is 0 Å². The van der Waals surface area contributed by atoms with E-state index >= 15 is 0 Å². The molecule has 0 saturated heterocycles. The largest absolute Gasteiger partial charge is 0.367 e. The maximum absolute atomic E-state index is 8.31. The Labute approximate surface area is 43.0 Å². The first-order valence-corrected chi connectivity index (χ1v) is 2.22. The molecular formula is C4H11NO2. The van der Waals surface area contributed by atoms with Crippen molar-refractivity contribution in [2.24, 2.45) is 0 Å². The van der Waals surface area contributed by atoms with Crippen LogP contribution in [0.1, 0.15) is 6.92 Å². The molecule has 0 aromatic rings. The summed E-state index contributed by atoms with van der Waals surface area (Å²) >= 11 is 0. The third kappa shape index (κ3) is 2.56. The van der Waals surface area contributed by atoms with Crippen molar-refractivity contribution in [1.82, 2.24) is 5.32 Å². The lowest BCUT2D eigenvalue weighted by molar-refractivity contribution is -0.0608. The number of aliphatic hydroxyl groups excluding tert-OH is 1. The summed E-state index contributed by atoms with van der Waals surface area (Å²) in [6.45, 7) is 1.69. The van der Waals surface area contributed by atoms with Crippen molar-refractivity contribution >= 4 is 0 Å². The molecule has 0 rings (SSSR count). The first-order chi connectivity index (χ1) is 3.18. The van der Waals surface area contributed by atoms with E-state index in [-0.39, 0.29) is 6.04 Å². The van der Waals surface area contributed by atoms with Gasteiger partial charge in [0.2, 0.25) is 0 Å². The fourth-order valence-corrected chi connectivity index (χ4v) is 0.149. The average molecular weight is 105 g/mol. The standard InChI is InChI=1S/C4H11NO2/c1-3(5-2)4(6)7/h3-7H,1-2H3. The van der Waals surface area contributed by atoms with Crippen LogP contribution in [0.15, 0.2) is 0 Å². The second-order valence-electron chi connectivity index (χ2n) is 1.49. The van der Waals surface area contributed by atoms with Gasteiger partial charge in [-0.05, 0) is 14.0 Å². The minimum Gasteiger partial charge on any atom is -0.367 e. The number of hydrogen-bond acceptors (Lipinski definition) is 3. The quantitative estimate of drug-likeness (QED) is 0.391. The smallest absolute Gasteiger partial charge is 0.166 e. The van der Waals surface area contributed by atoms with Gasteiger partial charge in [-0.15, -0.1) is 0 Å². The Morgan fingerprint density at radius 1 is 1.43 bits per heavy atom. The molecule has 0 saturated carbocycles. The maximum Gasteiger partial charge on any atom is 0.166 e. The van der Waals surface area contributed by atoms with Gasteiger partial charge in [0.05, 0.1) is 6.04 Å². The highest BCUT2D eigenvalue weighted by Gasteiger charge is 2.04. The number of hydrogen-bond donors (Lipinski definition) is 3. The van der Waals surface area contributed by atoms with Crippen LogP contribution >= 0.6 is 0 Å². The Hall–Kier alpha value is -0.120. The van der Waals surface area contributed by atoms with Gasteiger partial charge in [-0.3, -0.25) is 0 Å². The predicted molar refractivity (Wildman–Crippen MR) is 26.7 cm³/mol. The van der Waals surface area contributed by atoms with Gasteiger partial charge in [0.15, 0.2) is 6.29 Å². The van der Waals surface area contributed by atoms with E-state index < -0.39 is 6.29 Å². The molecular weight excluding hydrogens is 94.0 g/mol. The van der Waals surface area contributed by atoms with E-state index in [4.69, 9.17) is 10.2 Å². The summed E-state index contributed by atoms with van der Waals surface area (Å²) in [5, 5.41) is 19.3. The second kappa shape index (κ2) is 2.96. The molecule has 0 aliphatic rings. The van der Waals surface area contributed by atoms with Gasteiger partial charge < -0.3 is 15.5 Å². The average Bonchev–Trinajstić information content (AvgIpc) is 1.65. The molecule has 0 spiro atoms. The number of rotatable bonds is 2. The lowest BCUT2D eigenvalue weighted by Gasteiger charge is -2.10. The zero-order valence-electron chi connectivity index (χ0n) is 4.55. The summed E-state index contributed by atoms with van der Waals surface area (Å²) in [4.78, 5) is 0. The Morgan fingerprint density at radius 2 is 1.86 bits per heavy atom. The van der Waals surface area contributed by atoms with Gasteiger partial charge in [-0.1, -0.05) is 0 Å². The first-order valence-electron chi connectivity index (χ1n) is 2.22. The van der Waals surface area contributed by atoms with E-state index in [1.54, 1.807) is 14.0 Å². The normalized spacial score (nSPS) is 15.0. The second-order valence-corrected chi connectivity index (χ2v) is 1.49. The molecule has 3 N–H and O–H groups in total. The molecule has 0 aromatic carbocycles. The van der Waals surface area contributed by atoms with Gasteiger partial charge in [0, 0.05) is 0 Å². The number of nitrogens with one attached hydrogen (secondary N) is 1. The maximum atomic E-state index is 8.31. The monoisotopic (exact) mass is 105 g/mol. The van der Waals surface area contributed by atoms with E-state index in [1.165, 1.54) is 0 Å². The van der Waals surface area contributed by atoms with Crippen LogP contribution in [0.4, 0.5) is 0 Å². The third-order valence-corrected chi connectivity index (χ3v) is 0.903. The molecule has 3 nitrogen and oxygen atoms in total. The highest BCUT2D eigenvalue weighted by atomic mass is 16.5. The van der Waals surface area contributed by atoms with Crippen LogP contribution in [0.25, 0.3) is 0 Å². The van der Waals surface area contributed by atoms with E-state index in [0.29, 0.717) is 0 Å². The van der Waals surface area contributed by atoms with Gasteiger partial charge in [-0.25, -0.2) is 0 Å². The molecule has 0 bridgehead atoms. The molecule has 0 aliphatic heterocycles. The van der Waals surface area contributed by atoms with Gasteiger partial charge >= 0.3 is 0 Å². The Morgan fingerprint density at radius 3 is 1.86 bits per heavy atom. The summed E-state index contributed by atoms with van der Waals surface area (Å²) in [7, 11) is 1.67. The summed E-state index contributed by atoms with van der Waals surface area (Å²) in [5.41, 5.74) is 0. The van der Waals surface area contributed by atoms with Crippen molar-refractivity contribution in [3.63, 3.8) is 0 Å². The molecule has 0 aliphatic carbocycles. The van der Waals surface area contributed by atoms with Crippen LogP contribution in [0, 0.1) is 0 Å². The predicted octanol–water partition coefficient (Wildman–Crippen LogP) is -1.10. The summed E-state index contributed by atoms with van der Waals surface area (Å²) in [6.07, 6.45) is -1.25. The van der Waals surface area contributed by atoms with Crippen LogP contribution < -0.4 is 5.32 Å². The Kier molecular flexibility index (Phi) is 2.91. The minimum absolute atomic E-state index is 0.236.